The van der Waals surface area contributed by atoms with Gasteiger partial charge in [0.1, 0.15) is 0 Å². The predicted molar refractivity (Wildman–Crippen MR) is 94.8 cm³/mol. The number of amides is 1. The Labute approximate surface area is 149 Å². The van der Waals surface area contributed by atoms with Crippen molar-refractivity contribution in [1.82, 2.24) is 9.62 Å². The molecule has 0 spiro atoms. The van der Waals surface area contributed by atoms with Crippen LogP contribution >= 0.6 is 0 Å². The number of nitrogens with one attached hydrogen (secondary N) is 1. The molecule has 0 bridgehead atoms. The van der Waals surface area contributed by atoms with Crippen LogP contribution in [0.5, 0.6) is 0 Å². The molecule has 1 aromatic carbocycles. The largest absolute Gasteiger partial charge is 0.456 e. The van der Waals surface area contributed by atoms with Crippen LogP contribution in [-0.2, 0) is 24.3 Å². The van der Waals surface area contributed by atoms with Gasteiger partial charge in [0.15, 0.2) is 6.61 Å². The molecule has 8 heteroatoms. The molecule has 0 atom stereocenters. The zero-order valence-corrected chi connectivity index (χ0v) is 16.4. The van der Waals surface area contributed by atoms with Crippen molar-refractivity contribution in [2.45, 2.75) is 39.0 Å². The molecule has 1 amide bonds. The molecule has 0 aliphatic carbocycles. The lowest BCUT2D eigenvalue weighted by atomic mass is 10.0. The highest BCUT2D eigenvalue weighted by atomic mass is 32.2. The first-order chi connectivity index (χ1) is 11.5. The van der Waals surface area contributed by atoms with Crippen molar-refractivity contribution < 1.29 is 22.7 Å². The van der Waals surface area contributed by atoms with E-state index < -0.39 is 16.0 Å². The van der Waals surface area contributed by atoms with Crippen molar-refractivity contribution in [3.63, 3.8) is 0 Å². The molecule has 0 aliphatic heterocycles. The van der Waals surface area contributed by atoms with E-state index in [2.05, 4.69) is 4.72 Å². The Bertz CT molecular complexity index is 743. The number of sulfonamides is 1. The minimum atomic E-state index is -3.74. The van der Waals surface area contributed by atoms with Crippen molar-refractivity contribution in [1.29, 1.82) is 0 Å². The third-order valence-corrected chi connectivity index (χ3v) is 5.78. The number of rotatable bonds is 7. The van der Waals surface area contributed by atoms with Gasteiger partial charge in [-0.1, -0.05) is 6.07 Å². The molecule has 1 rings (SSSR count). The summed E-state index contributed by atoms with van der Waals surface area (Å²) in [5, 5.41) is 0. The van der Waals surface area contributed by atoms with Crippen molar-refractivity contribution in [2.24, 2.45) is 0 Å². The van der Waals surface area contributed by atoms with E-state index in [9.17, 15) is 18.0 Å². The van der Waals surface area contributed by atoms with Crippen LogP contribution in [0.15, 0.2) is 11.0 Å². The van der Waals surface area contributed by atoms with E-state index >= 15 is 0 Å². The summed E-state index contributed by atoms with van der Waals surface area (Å²) in [6, 6.07) is 1.95. The van der Waals surface area contributed by atoms with Gasteiger partial charge in [0, 0.05) is 20.6 Å². The van der Waals surface area contributed by atoms with Crippen molar-refractivity contribution >= 4 is 21.9 Å². The van der Waals surface area contributed by atoms with Crippen LogP contribution in [-0.4, -0.2) is 52.4 Å². The summed E-state index contributed by atoms with van der Waals surface area (Å²) in [5.41, 5.74) is 3.17. The topological polar surface area (TPSA) is 92.8 Å². The quantitative estimate of drug-likeness (QED) is 0.729. The van der Waals surface area contributed by atoms with Gasteiger partial charge in [-0.2, -0.15) is 0 Å². The zero-order chi connectivity index (χ0) is 19.4. The van der Waals surface area contributed by atoms with Crippen LogP contribution < -0.4 is 4.72 Å². The molecule has 0 heterocycles. The Morgan fingerprint density at radius 2 is 1.60 bits per heavy atom. The Kier molecular flexibility index (Phi) is 7.13. The summed E-state index contributed by atoms with van der Waals surface area (Å²) in [7, 11) is -0.631. The van der Waals surface area contributed by atoms with Crippen LogP contribution in [0, 0.1) is 27.7 Å². The second-order valence-corrected chi connectivity index (χ2v) is 7.89. The van der Waals surface area contributed by atoms with E-state index in [1.54, 1.807) is 27.9 Å². The predicted octanol–water partition coefficient (Wildman–Crippen LogP) is 1.22. The molecule has 0 unspecified atom stereocenters. The third kappa shape index (κ3) is 5.54. The van der Waals surface area contributed by atoms with Gasteiger partial charge < -0.3 is 9.64 Å². The fourth-order valence-electron chi connectivity index (χ4n) is 2.29. The first kappa shape index (κ1) is 21.1. The van der Waals surface area contributed by atoms with E-state index in [1.165, 1.54) is 4.90 Å². The summed E-state index contributed by atoms with van der Waals surface area (Å²) < 4.78 is 32.4. The average molecular weight is 370 g/mol. The van der Waals surface area contributed by atoms with Crippen LogP contribution in [0.25, 0.3) is 0 Å². The smallest absolute Gasteiger partial charge is 0.307 e. The van der Waals surface area contributed by atoms with E-state index in [-0.39, 0.29) is 30.4 Å². The molecule has 0 saturated carbocycles. The number of likely N-dealkylation sites (N-methyl/N-ethyl adjacent to an activating group) is 1. The van der Waals surface area contributed by atoms with Gasteiger partial charge in [0.2, 0.25) is 10.0 Å². The molecule has 7 nitrogen and oxygen atoms in total. The molecular weight excluding hydrogens is 344 g/mol. The maximum Gasteiger partial charge on any atom is 0.307 e. The average Bonchev–Trinajstić information content (AvgIpc) is 2.50. The number of carbonyl (C=O) groups excluding carboxylic acids is 2. The monoisotopic (exact) mass is 370 g/mol. The van der Waals surface area contributed by atoms with Crippen LogP contribution in [0.3, 0.4) is 0 Å². The maximum absolute atomic E-state index is 12.6. The number of hydrogen-bond donors (Lipinski definition) is 1. The highest BCUT2D eigenvalue weighted by Gasteiger charge is 2.22. The van der Waals surface area contributed by atoms with Gasteiger partial charge in [-0.05, 0) is 49.9 Å². The summed E-state index contributed by atoms with van der Waals surface area (Å²) in [6.45, 7) is 6.80. The Morgan fingerprint density at radius 3 is 2.08 bits per heavy atom. The molecule has 25 heavy (non-hydrogen) atoms. The number of carbonyl (C=O) groups is 2. The first-order valence-electron chi connectivity index (χ1n) is 7.90. The van der Waals surface area contributed by atoms with Crippen LogP contribution in [0.2, 0.25) is 0 Å². The van der Waals surface area contributed by atoms with Crippen molar-refractivity contribution in [3.05, 3.63) is 28.3 Å². The number of aryl methyl sites for hydroxylation is 2. The van der Waals surface area contributed by atoms with Gasteiger partial charge in [-0.15, -0.1) is 0 Å². The Balaban J connectivity index is 2.72. The lowest BCUT2D eigenvalue weighted by Gasteiger charge is -2.16. The second kappa shape index (κ2) is 8.44. The van der Waals surface area contributed by atoms with Crippen molar-refractivity contribution in [2.75, 3.05) is 27.2 Å². The molecule has 140 valence electrons. The van der Waals surface area contributed by atoms with Gasteiger partial charge in [-0.25, -0.2) is 13.1 Å². The molecular formula is C17H26N2O5S. The third-order valence-electron chi connectivity index (χ3n) is 4.04. The standard InChI is InChI=1S/C17H26N2O5S/c1-11-9-12(2)14(4)17(13(11)3)25(22,23)18-8-7-16(21)24-10-15(20)19(5)6/h9,18H,7-8,10H2,1-6H3. The van der Waals surface area contributed by atoms with Gasteiger partial charge in [0.25, 0.3) is 5.91 Å². The SMILES string of the molecule is Cc1cc(C)c(C)c(S(=O)(=O)NCCC(=O)OCC(=O)N(C)C)c1C. The number of ether oxygens (including phenoxy) is 1. The van der Waals surface area contributed by atoms with Crippen molar-refractivity contribution in [3.8, 4) is 0 Å². The van der Waals surface area contributed by atoms with E-state index in [0.717, 1.165) is 11.1 Å². The number of nitrogens with zero attached hydrogens (tertiary/aromatic N) is 1. The fraction of sp³-hybridized carbons (Fsp3) is 0.529. The number of esters is 1. The number of hydrogen-bond acceptors (Lipinski definition) is 5. The lowest BCUT2D eigenvalue weighted by molar-refractivity contribution is -0.150. The molecule has 0 fully saturated rings. The van der Waals surface area contributed by atoms with E-state index in [0.29, 0.717) is 11.1 Å². The molecule has 0 radical (unpaired) electrons. The molecule has 1 aromatic rings. The highest BCUT2D eigenvalue weighted by Crippen LogP contribution is 2.25. The number of benzene rings is 1. The van der Waals surface area contributed by atoms with Gasteiger partial charge >= 0.3 is 5.97 Å². The zero-order valence-electron chi connectivity index (χ0n) is 15.6. The molecule has 0 aliphatic rings. The first-order valence-corrected chi connectivity index (χ1v) is 9.38. The minimum Gasteiger partial charge on any atom is -0.456 e. The molecule has 0 aromatic heterocycles. The normalized spacial score (nSPS) is 11.3. The summed E-state index contributed by atoms with van der Waals surface area (Å²) in [4.78, 5) is 24.5. The Hall–Kier alpha value is -1.93. The lowest BCUT2D eigenvalue weighted by Crippen LogP contribution is -2.30. The van der Waals surface area contributed by atoms with E-state index in [1.807, 2.05) is 19.9 Å². The maximum atomic E-state index is 12.6. The fourth-order valence-corrected chi connectivity index (χ4v) is 3.93. The summed E-state index contributed by atoms with van der Waals surface area (Å²) in [5.74, 6) is -0.970. The molecule has 0 saturated heterocycles. The molecule has 1 N–H and O–H groups in total. The Morgan fingerprint density at radius 1 is 1.08 bits per heavy atom. The second-order valence-electron chi connectivity index (χ2n) is 6.19. The summed E-state index contributed by atoms with van der Waals surface area (Å²) >= 11 is 0. The van der Waals surface area contributed by atoms with Crippen LogP contribution in [0.1, 0.15) is 28.7 Å². The minimum absolute atomic E-state index is 0.0941. The van der Waals surface area contributed by atoms with E-state index in [4.69, 9.17) is 4.74 Å². The van der Waals surface area contributed by atoms with Gasteiger partial charge in [-0.3, -0.25) is 9.59 Å². The van der Waals surface area contributed by atoms with Crippen LogP contribution in [0.4, 0.5) is 0 Å². The van der Waals surface area contributed by atoms with Gasteiger partial charge in [0.05, 0.1) is 11.3 Å². The highest BCUT2D eigenvalue weighted by molar-refractivity contribution is 7.89. The summed E-state index contributed by atoms with van der Waals surface area (Å²) in [6.07, 6.45) is -0.150.